The number of aliphatic hydroxyl groups is 1. The first-order valence-corrected chi connectivity index (χ1v) is 5.46. The highest BCUT2D eigenvalue weighted by Gasteiger charge is 2.18. The lowest BCUT2D eigenvalue weighted by molar-refractivity contribution is 0.215. The van der Waals surface area contributed by atoms with Crippen LogP contribution in [0.15, 0.2) is 0 Å². The van der Waals surface area contributed by atoms with E-state index in [1.807, 2.05) is 0 Å². The lowest BCUT2D eigenvalue weighted by Crippen LogP contribution is -2.21. The molecule has 8 heavy (non-hydrogen) atoms. The molecule has 0 saturated heterocycles. The summed E-state index contributed by atoms with van der Waals surface area (Å²) >= 11 is 12.6. The Bertz CT molecular complexity index is 56.3. The third kappa shape index (κ3) is 3.82. The van der Waals surface area contributed by atoms with E-state index in [-0.39, 0.29) is 7.47 Å². The van der Waals surface area contributed by atoms with E-state index in [0.717, 1.165) is 0 Å². The fourth-order valence-electron chi connectivity index (χ4n) is 0.110. The second-order valence-corrected chi connectivity index (χ2v) is 7.56. The van der Waals surface area contributed by atoms with E-state index < -0.39 is 6.10 Å². The van der Waals surface area contributed by atoms with Crippen molar-refractivity contribution in [2.45, 2.75) is 13.6 Å². The van der Waals surface area contributed by atoms with E-state index in [0.29, 0.717) is 0 Å². The van der Waals surface area contributed by atoms with Gasteiger partial charge in [-0.3, -0.25) is 0 Å². The van der Waals surface area contributed by atoms with E-state index in [2.05, 4.69) is 63.7 Å². The highest BCUT2D eigenvalue weighted by atomic mass is 79.9. The summed E-state index contributed by atoms with van der Waals surface area (Å²) in [6.07, 6.45) is -0.463. The van der Waals surface area contributed by atoms with E-state index in [1.165, 1.54) is 0 Å². The van der Waals surface area contributed by atoms with Crippen molar-refractivity contribution >= 4 is 63.7 Å². The molecule has 0 aromatic heterocycles. The molecule has 0 aliphatic heterocycles. The Labute approximate surface area is 81.7 Å². The molecule has 1 N–H and O–H groups in total. The molecule has 0 heterocycles. The van der Waals surface area contributed by atoms with Gasteiger partial charge in [0.05, 0.1) is 13.6 Å². The first-order chi connectivity index (χ1) is 3.55. The van der Waals surface area contributed by atoms with Crippen LogP contribution in [0.3, 0.4) is 0 Å². The van der Waals surface area contributed by atoms with Gasteiger partial charge in [-0.05, 0) is 0 Å². The maximum atomic E-state index is 9.02. The molecule has 0 spiro atoms. The molecule has 0 aliphatic carbocycles. The van der Waals surface area contributed by atoms with Crippen LogP contribution in [0.2, 0.25) is 0 Å². The van der Waals surface area contributed by atoms with Crippen LogP contribution in [0.4, 0.5) is 0 Å². The summed E-state index contributed by atoms with van der Waals surface area (Å²) in [5.74, 6) is 0. The highest BCUT2D eigenvalue weighted by Crippen LogP contribution is 2.23. The van der Waals surface area contributed by atoms with Crippen molar-refractivity contribution in [1.29, 1.82) is 0 Å². The van der Waals surface area contributed by atoms with Gasteiger partial charge in [0, 0.05) is 0 Å². The molecule has 0 aromatic rings. The minimum Gasteiger partial charge on any atom is -0.389 e. The number of halogens is 4. The van der Waals surface area contributed by atoms with Gasteiger partial charge in [0.1, 0.15) is 0 Å². The first-order valence-electron chi connectivity index (χ1n) is 1.80. The monoisotopic (exact) mass is 372 g/mol. The van der Waals surface area contributed by atoms with E-state index >= 15 is 0 Å². The third-order valence-electron chi connectivity index (χ3n) is 0.516. The third-order valence-corrected chi connectivity index (χ3v) is 2.68. The summed E-state index contributed by atoms with van der Waals surface area (Å²) in [6.45, 7) is 0. The molecule has 0 bridgehead atoms. The standard InChI is InChI=1S/C3H4Br4O/c4-2(5)1(8)3(6)7/h1-3,8H. The highest BCUT2D eigenvalue weighted by molar-refractivity contribution is 9.25. The van der Waals surface area contributed by atoms with Crippen LogP contribution < -0.4 is 0 Å². The molecule has 0 rings (SSSR count). The lowest BCUT2D eigenvalue weighted by Gasteiger charge is -2.11. The minimum atomic E-state index is -0.463. The predicted octanol–water partition coefficient (Wildman–Crippen LogP) is 2.58. The van der Waals surface area contributed by atoms with E-state index in [9.17, 15) is 0 Å². The summed E-state index contributed by atoms with van der Waals surface area (Å²) in [4.78, 5) is 0. The zero-order valence-electron chi connectivity index (χ0n) is 3.69. The molecular formula is C3H4Br4O. The van der Waals surface area contributed by atoms with Crippen molar-refractivity contribution < 1.29 is 5.11 Å². The fraction of sp³-hybridized carbons (Fsp3) is 1.00. The van der Waals surface area contributed by atoms with Gasteiger partial charge < -0.3 is 5.11 Å². The summed E-state index contributed by atoms with van der Waals surface area (Å²) in [5.41, 5.74) is 0. The SMILES string of the molecule is OC(C(Br)Br)C(Br)Br. The average Bonchev–Trinajstić information content (AvgIpc) is 1.64. The van der Waals surface area contributed by atoms with Gasteiger partial charge in [0.25, 0.3) is 0 Å². The Morgan fingerprint density at radius 2 is 1.12 bits per heavy atom. The molecule has 0 unspecified atom stereocenters. The van der Waals surface area contributed by atoms with Crippen molar-refractivity contribution in [2.24, 2.45) is 0 Å². The second kappa shape index (κ2) is 4.66. The fourth-order valence-corrected chi connectivity index (χ4v) is 2.97. The Morgan fingerprint density at radius 3 is 1.12 bits per heavy atom. The van der Waals surface area contributed by atoms with Crippen LogP contribution in [0, 0.1) is 0 Å². The molecular weight excluding hydrogens is 372 g/mol. The summed E-state index contributed by atoms with van der Waals surface area (Å²) in [5, 5.41) is 9.02. The smallest absolute Gasteiger partial charge is 0.0985 e. The number of alkyl halides is 4. The van der Waals surface area contributed by atoms with Gasteiger partial charge in [-0.1, -0.05) is 63.7 Å². The summed E-state index contributed by atoms with van der Waals surface area (Å²) in [7, 11) is 0. The molecule has 50 valence electrons. The van der Waals surface area contributed by atoms with Crippen LogP contribution in [-0.4, -0.2) is 18.7 Å². The van der Waals surface area contributed by atoms with Crippen LogP contribution >= 0.6 is 63.7 Å². The van der Waals surface area contributed by atoms with Gasteiger partial charge in [-0.2, -0.15) is 0 Å². The Hall–Kier alpha value is 1.88. The Morgan fingerprint density at radius 1 is 0.875 bits per heavy atom. The minimum absolute atomic E-state index is 0.0706. The largest absolute Gasteiger partial charge is 0.389 e. The van der Waals surface area contributed by atoms with E-state index in [4.69, 9.17) is 5.11 Å². The predicted molar refractivity (Wildman–Crippen MR) is 49.3 cm³/mol. The topological polar surface area (TPSA) is 20.2 Å². The number of hydrogen-bond acceptors (Lipinski definition) is 1. The van der Waals surface area contributed by atoms with Crippen LogP contribution in [0.1, 0.15) is 0 Å². The maximum Gasteiger partial charge on any atom is 0.0985 e. The molecule has 0 radical (unpaired) electrons. The van der Waals surface area contributed by atoms with Crippen molar-refractivity contribution in [3.8, 4) is 0 Å². The molecule has 5 heteroatoms. The Kier molecular flexibility index (Phi) is 5.75. The number of rotatable bonds is 2. The quantitative estimate of drug-likeness (QED) is 0.736. The van der Waals surface area contributed by atoms with Gasteiger partial charge in [0.2, 0.25) is 0 Å². The second-order valence-electron chi connectivity index (χ2n) is 1.16. The van der Waals surface area contributed by atoms with Crippen molar-refractivity contribution in [2.75, 3.05) is 0 Å². The van der Waals surface area contributed by atoms with Crippen molar-refractivity contribution in [3.05, 3.63) is 0 Å². The number of hydrogen-bond donors (Lipinski definition) is 1. The molecule has 0 aromatic carbocycles. The summed E-state index contributed by atoms with van der Waals surface area (Å²) < 4.78 is -0.141. The van der Waals surface area contributed by atoms with Crippen molar-refractivity contribution in [3.63, 3.8) is 0 Å². The van der Waals surface area contributed by atoms with Crippen LogP contribution in [-0.2, 0) is 0 Å². The van der Waals surface area contributed by atoms with E-state index in [1.54, 1.807) is 0 Å². The summed E-state index contributed by atoms with van der Waals surface area (Å²) in [6, 6.07) is 0. The Balaban J connectivity index is 3.46. The molecule has 1 nitrogen and oxygen atoms in total. The molecule has 0 fully saturated rings. The first kappa shape index (κ1) is 9.88. The normalized spacial score (nSPS) is 12.0. The molecule has 0 aliphatic rings. The zero-order chi connectivity index (χ0) is 6.73. The maximum absolute atomic E-state index is 9.02. The van der Waals surface area contributed by atoms with Crippen molar-refractivity contribution in [1.82, 2.24) is 0 Å². The average molecular weight is 376 g/mol. The number of aliphatic hydroxyl groups excluding tert-OH is 1. The van der Waals surface area contributed by atoms with Gasteiger partial charge in [0.15, 0.2) is 0 Å². The van der Waals surface area contributed by atoms with Gasteiger partial charge >= 0.3 is 0 Å². The molecule has 0 saturated carbocycles. The van der Waals surface area contributed by atoms with Gasteiger partial charge in [-0.15, -0.1) is 0 Å². The van der Waals surface area contributed by atoms with Gasteiger partial charge in [-0.25, -0.2) is 0 Å². The zero-order valence-corrected chi connectivity index (χ0v) is 10.0. The van der Waals surface area contributed by atoms with Crippen LogP contribution in [0.25, 0.3) is 0 Å². The molecule has 0 amide bonds. The van der Waals surface area contributed by atoms with Crippen LogP contribution in [0.5, 0.6) is 0 Å². The molecule has 0 atom stereocenters. The lowest BCUT2D eigenvalue weighted by atomic mass is 10.5.